The number of rotatable bonds is 28. The molecule has 1 fully saturated rings. The zero-order valence-corrected chi connectivity index (χ0v) is 30.3. The SMILES string of the molecule is O=C(NCCCCCCCCCCCCN1CCN(CCCCCCCCCCCCNC(=O)c2ccccc2)CC1)c1ccccc1. The van der Waals surface area contributed by atoms with Crippen molar-refractivity contribution in [2.75, 3.05) is 52.4 Å². The van der Waals surface area contributed by atoms with Gasteiger partial charge in [0.15, 0.2) is 0 Å². The largest absolute Gasteiger partial charge is 0.352 e. The van der Waals surface area contributed by atoms with Gasteiger partial charge in [-0.1, -0.05) is 139 Å². The highest BCUT2D eigenvalue weighted by Gasteiger charge is 2.15. The summed E-state index contributed by atoms with van der Waals surface area (Å²) in [5.41, 5.74) is 1.51. The van der Waals surface area contributed by atoms with Crippen molar-refractivity contribution in [2.24, 2.45) is 0 Å². The summed E-state index contributed by atoms with van der Waals surface area (Å²) in [5, 5.41) is 6.06. The van der Waals surface area contributed by atoms with Crippen LogP contribution in [0.4, 0.5) is 0 Å². The van der Waals surface area contributed by atoms with Crippen LogP contribution >= 0.6 is 0 Å². The minimum atomic E-state index is 0.0466. The number of amides is 2. The lowest BCUT2D eigenvalue weighted by molar-refractivity contribution is 0.0944. The third-order valence-electron chi connectivity index (χ3n) is 9.91. The first-order valence-electron chi connectivity index (χ1n) is 19.8. The normalized spacial score (nSPS) is 13.8. The minimum absolute atomic E-state index is 0.0466. The number of benzene rings is 2. The van der Waals surface area contributed by atoms with Crippen LogP contribution in [-0.4, -0.2) is 74.0 Å². The molecule has 1 saturated heterocycles. The monoisotopic (exact) mass is 661 g/mol. The molecule has 2 N–H and O–H groups in total. The molecular formula is C42H68N4O2. The molecule has 0 aromatic heterocycles. The number of carbonyl (C=O) groups excluding carboxylic acids is 2. The number of hydrogen-bond acceptors (Lipinski definition) is 4. The summed E-state index contributed by atoms with van der Waals surface area (Å²) in [4.78, 5) is 29.5. The fourth-order valence-corrected chi connectivity index (χ4v) is 6.77. The van der Waals surface area contributed by atoms with Crippen LogP contribution in [0, 0.1) is 0 Å². The molecule has 6 heteroatoms. The van der Waals surface area contributed by atoms with Crippen LogP contribution in [0.2, 0.25) is 0 Å². The van der Waals surface area contributed by atoms with E-state index >= 15 is 0 Å². The first-order chi connectivity index (χ1) is 23.7. The van der Waals surface area contributed by atoms with Gasteiger partial charge >= 0.3 is 0 Å². The van der Waals surface area contributed by atoms with Crippen LogP contribution in [-0.2, 0) is 0 Å². The van der Waals surface area contributed by atoms with Crippen LogP contribution in [0.25, 0.3) is 0 Å². The summed E-state index contributed by atoms with van der Waals surface area (Å²) >= 11 is 0. The van der Waals surface area contributed by atoms with Crippen LogP contribution < -0.4 is 10.6 Å². The minimum Gasteiger partial charge on any atom is -0.352 e. The van der Waals surface area contributed by atoms with Gasteiger partial charge in [-0.05, 0) is 63.0 Å². The number of nitrogens with zero attached hydrogens (tertiary/aromatic N) is 2. The Labute approximate surface area is 293 Å². The van der Waals surface area contributed by atoms with Gasteiger partial charge in [0.1, 0.15) is 0 Å². The number of hydrogen-bond donors (Lipinski definition) is 2. The molecule has 6 nitrogen and oxygen atoms in total. The van der Waals surface area contributed by atoms with E-state index in [4.69, 9.17) is 0 Å². The molecule has 0 aliphatic carbocycles. The van der Waals surface area contributed by atoms with Gasteiger partial charge in [-0.25, -0.2) is 0 Å². The quantitative estimate of drug-likeness (QED) is 0.0894. The van der Waals surface area contributed by atoms with Gasteiger partial charge in [-0.15, -0.1) is 0 Å². The molecule has 0 radical (unpaired) electrons. The second-order valence-electron chi connectivity index (χ2n) is 14.0. The lowest BCUT2D eigenvalue weighted by Crippen LogP contribution is -2.46. The van der Waals surface area contributed by atoms with E-state index in [9.17, 15) is 9.59 Å². The third-order valence-corrected chi connectivity index (χ3v) is 9.91. The molecule has 2 aromatic carbocycles. The fourth-order valence-electron chi connectivity index (χ4n) is 6.77. The molecule has 0 atom stereocenters. The van der Waals surface area contributed by atoms with E-state index in [1.165, 1.54) is 155 Å². The molecule has 1 aliphatic heterocycles. The Morgan fingerprint density at radius 3 is 0.979 bits per heavy atom. The zero-order chi connectivity index (χ0) is 33.7. The smallest absolute Gasteiger partial charge is 0.251 e. The van der Waals surface area contributed by atoms with Crippen LogP contribution in [0.15, 0.2) is 60.7 Å². The Bertz CT molecular complexity index is 970. The van der Waals surface area contributed by atoms with E-state index < -0.39 is 0 Å². The molecule has 268 valence electrons. The van der Waals surface area contributed by atoms with Gasteiger partial charge in [0.25, 0.3) is 11.8 Å². The highest BCUT2D eigenvalue weighted by molar-refractivity contribution is 5.94. The van der Waals surface area contributed by atoms with Crippen molar-refractivity contribution in [3.63, 3.8) is 0 Å². The molecule has 2 amide bonds. The summed E-state index contributed by atoms with van der Waals surface area (Å²) in [6.45, 7) is 9.19. The summed E-state index contributed by atoms with van der Waals surface area (Å²) in [6.07, 6.45) is 26.4. The fraction of sp³-hybridized carbons (Fsp3) is 0.667. The maximum Gasteiger partial charge on any atom is 0.251 e. The molecule has 1 aliphatic rings. The number of piperazine rings is 1. The van der Waals surface area contributed by atoms with Crippen molar-refractivity contribution in [3.8, 4) is 0 Å². The van der Waals surface area contributed by atoms with Gasteiger partial charge in [0.2, 0.25) is 0 Å². The highest BCUT2D eigenvalue weighted by atomic mass is 16.2. The molecule has 0 saturated carbocycles. The molecule has 0 spiro atoms. The molecule has 1 heterocycles. The number of carbonyl (C=O) groups is 2. The van der Waals surface area contributed by atoms with Crippen molar-refractivity contribution >= 4 is 11.8 Å². The van der Waals surface area contributed by atoms with E-state index in [1.54, 1.807) is 0 Å². The molecule has 0 unspecified atom stereocenters. The summed E-state index contributed by atoms with van der Waals surface area (Å²) in [6, 6.07) is 19.0. The third kappa shape index (κ3) is 19.3. The number of nitrogens with one attached hydrogen (secondary N) is 2. The molecule has 3 rings (SSSR count). The lowest BCUT2D eigenvalue weighted by atomic mass is 10.1. The average molecular weight is 661 g/mol. The van der Waals surface area contributed by atoms with E-state index in [-0.39, 0.29) is 11.8 Å². The van der Waals surface area contributed by atoms with Crippen LogP contribution in [0.3, 0.4) is 0 Å². The van der Waals surface area contributed by atoms with Gasteiger partial charge < -0.3 is 20.4 Å². The first kappa shape index (κ1) is 39.7. The van der Waals surface area contributed by atoms with Crippen molar-refractivity contribution < 1.29 is 9.59 Å². The Balaban J connectivity index is 0.980. The van der Waals surface area contributed by atoms with E-state index in [0.29, 0.717) is 0 Å². The van der Waals surface area contributed by atoms with Gasteiger partial charge in [0, 0.05) is 50.4 Å². The van der Waals surface area contributed by atoms with Gasteiger partial charge in [0.05, 0.1) is 0 Å². The molecular weight excluding hydrogens is 592 g/mol. The van der Waals surface area contributed by atoms with E-state index in [0.717, 1.165) is 37.1 Å². The Morgan fingerprint density at radius 1 is 0.396 bits per heavy atom. The summed E-state index contributed by atoms with van der Waals surface area (Å²) in [5.74, 6) is 0.0932. The predicted molar refractivity (Wildman–Crippen MR) is 203 cm³/mol. The van der Waals surface area contributed by atoms with Gasteiger partial charge in [-0.3, -0.25) is 9.59 Å². The molecule has 48 heavy (non-hydrogen) atoms. The van der Waals surface area contributed by atoms with E-state index in [1.807, 2.05) is 60.7 Å². The van der Waals surface area contributed by atoms with Crippen LogP contribution in [0.1, 0.15) is 149 Å². The Morgan fingerprint density at radius 2 is 0.667 bits per heavy atom. The zero-order valence-electron chi connectivity index (χ0n) is 30.3. The van der Waals surface area contributed by atoms with E-state index in [2.05, 4.69) is 20.4 Å². The maximum atomic E-state index is 12.0. The first-order valence-corrected chi connectivity index (χ1v) is 19.8. The van der Waals surface area contributed by atoms with Crippen molar-refractivity contribution in [1.29, 1.82) is 0 Å². The second kappa shape index (κ2) is 27.2. The lowest BCUT2D eigenvalue weighted by Gasteiger charge is -2.34. The predicted octanol–water partition coefficient (Wildman–Crippen LogP) is 9.27. The topological polar surface area (TPSA) is 64.7 Å². The second-order valence-corrected chi connectivity index (χ2v) is 14.0. The molecule has 0 bridgehead atoms. The summed E-state index contributed by atoms with van der Waals surface area (Å²) in [7, 11) is 0. The standard InChI is InChI=1S/C42H68N4O2/c47-41(39-27-19-17-20-28-39)43-31-23-13-9-5-1-3-7-11-15-25-33-45-35-37-46(38-36-45)34-26-16-12-8-4-2-6-10-14-24-32-44-42(48)40-29-21-18-22-30-40/h17-22,27-30H,1-16,23-26,31-38H2,(H,43,47)(H,44,48). The summed E-state index contributed by atoms with van der Waals surface area (Å²) < 4.78 is 0. The average Bonchev–Trinajstić information content (AvgIpc) is 3.13. The number of unbranched alkanes of at least 4 members (excludes halogenated alkanes) is 18. The highest BCUT2D eigenvalue weighted by Crippen LogP contribution is 2.14. The Kier molecular flexibility index (Phi) is 22.5. The van der Waals surface area contributed by atoms with Crippen LogP contribution in [0.5, 0.6) is 0 Å². The van der Waals surface area contributed by atoms with Gasteiger partial charge in [-0.2, -0.15) is 0 Å². The van der Waals surface area contributed by atoms with Crippen molar-refractivity contribution in [3.05, 3.63) is 71.8 Å². The maximum absolute atomic E-state index is 12.0. The van der Waals surface area contributed by atoms with Crippen molar-refractivity contribution in [1.82, 2.24) is 20.4 Å². The Hall–Kier alpha value is -2.70. The van der Waals surface area contributed by atoms with Crippen molar-refractivity contribution in [2.45, 2.75) is 128 Å². The molecule has 2 aromatic rings.